The highest BCUT2D eigenvalue weighted by atomic mass is 16.3. The Bertz CT molecular complexity index is 1560. The van der Waals surface area contributed by atoms with Gasteiger partial charge >= 0.3 is 0 Å². The van der Waals surface area contributed by atoms with Gasteiger partial charge in [0, 0.05) is 16.3 Å². The molecule has 152 valence electrons. The van der Waals surface area contributed by atoms with Crippen molar-refractivity contribution < 1.29 is 8.98 Å². The lowest BCUT2D eigenvalue weighted by Gasteiger charge is -2.13. The van der Waals surface area contributed by atoms with Crippen LogP contribution in [0.2, 0.25) is 0 Å². The molecule has 0 aliphatic carbocycles. The Balaban J connectivity index is 1.75. The monoisotopic (exact) mass is 405 g/mol. The molecule has 0 radical (unpaired) electrons. The van der Waals surface area contributed by atoms with E-state index in [2.05, 4.69) is 97.2 Å². The van der Waals surface area contributed by atoms with Crippen molar-refractivity contribution in [1.29, 1.82) is 0 Å². The summed E-state index contributed by atoms with van der Waals surface area (Å²) in [6.07, 6.45) is 2.19. The van der Waals surface area contributed by atoms with Crippen LogP contribution in [0.5, 0.6) is 0 Å². The van der Waals surface area contributed by atoms with Crippen LogP contribution in [0.4, 0.5) is 0 Å². The molecule has 0 saturated heterocycles. The first kappa shape index (κ1) is 18.2. The van der Waals surface area contributed by atoms with Crippen molar-refractivity contribution in [3.63, 3.8) is 0 Å². The lowest BCUT2D eigenvalue weighted by atomic mass is 9.99. The molecule has 0 saturated carbocycles. The molecule has 3 aromatic carbocycles. The van der Waals surface area contributed by atoms with Crippen LogP contribution in [-0.4, -0.2) is 4.57 Å². The molecule has 3 heterocycles. The van der Waals surface area contributed by atoms with Gasteiger partial charge in [-0.2, -0.15) is 4.57 Å². The fraction of sp³-hybridized carbons (Fsp3) is 0.179. The van der Waals surface area contributed by atoms with Crippen molar-refractivity contribution in [3.8, 4) is 11.4 Å². The van der Waals surface area contributed by atoms with Crippen LogP contribution in [0.3, 0.4) is 0 Å². The minimum atomic E-state index is 0.391. The SMILES string of the molecule is C=C(/C(=C\C)C(C)C)n1c2[n+](c3ccccc31)Cc1ccc3c(oc4ccccc43)c1-2. The van der Waals surface area contributed by atoms with Crippen molar-refractivity contribution in [2.45, 2.75) is 27.3 Å². The second-order valence-corrected chi connectivity index (χ2v) is 8.65. The highest BCUT2D eigenvalue weighted by molar-refractivity contribution is 6.10. The third kappa shape index (κ3) is 2.37. The molecule has 0 amide bonds. The van der Waals surface area contributed by atoms with Crippen LogP contribution >= 0.6 is 0 Å². The third-order valence-electron chi connectivity index (χ3n) is 6.60. The summed E-state index contributed by atoms with van der Waals surface area (Å²) in [6, 6.07) is 21.4. The number of nitrogens with zero attached hydrogens (tertiary/aromatic N) is 2. The van der Waals surface area contributed by atoms with Crippen LogP contribution in [0.25, 0.3) is 50.1 Å². The number of rotatable bonds is 3. The highest BCUT2D eigenvalue weighted by Crippen LogP contribution is 2.42. The highest BCUT2D eigenvalue weighted by Gasteiger charge is 2.38. The van der Waals surface area contributed by atoms with Gasteiger partial charge < -0.3 is 4.42 Å². The number of hydrogen-bond acceptors (Lipinski definition) is 1. The molecule has 0 N–H and O–H groups in total. The predicted molar refractivity (Wildman–Crippen MR) is 128 cm³/mol. The van der Waals surface area contributed by atoms with Crippen LogP contribution in [-0.2, 0) is 6.54 Å². The Labute approximate surface area is 181 Å². The topological polar surface area (TPSA) is 21.9 Å². The van der Waals surface area contributed by atoms with Crippen LogP contribution in [0, 0.1) is 5.92 Å². The van der Waals surface area contributed by atoms with E-state index in [-0.39, 0.29) is 0 Å². The van der Waals surface area contributed by atoms with Crippen LogP contribution in [0.1, 0.15) is 26.3 Å². The van der Waals surface area contributed by atoms with E-state index in [4.69, 9.17) is 4.42 Å². The summed E-state index contributed by atoms with van der Waals surface area (Å²) in [5.41, 5.74) is 9.07. The fourth-order valence-corrected chi connectivity index (χ4v) is 5.25. The number of fused-ring (bicyclic) bond motifs is 9. The standard InChI is InChI=1S/C28H25N2O/c1-5-20(17(2)3)18(4)30-24-12-8-7-11-23(24)29-16-19-14-15-22-21-10-6-9-13-25(21)31-27(22)26(19)28(29)30/h5-15,17H,4,16H2,1-3H3/q+1/b20-5-. The van der Waals surface area contributed by atoms with E-state index in [1.807, 2.05) is 6.07 Å². The van der Waals surface area contributed by atoms with Crippen molar-refractivity contribution in [2.24, 2.45) is 5.92 Å². The molecule has 0 bridgehead atoms. The van der Waals surface area contributed by atoms with Gasteiger partial charge in [0.2, 0.25) is 0 Å². The Morgan fingerprint density at radius 1 is 1.03 bits per heavy atom. The third-order valence-corrected chi connectivity index (χ3v) is 6.60. The molecule has 3 nitrogen and oxygen atoms in total. The van der Waals surface area contributed by atoms with Crippen molar-refractivity contribution >= 4 is 38.7 Å². The Morgan fingerprint density at radius 3 is 2.61 bits per heavy atom. The Morgan fingerprint density at radius 2 is 1.81 bits per heavy atom. The lowest BCUT2D eigenvalue weighted by Crippen LogP contribution is -2.31. The average molecular weight is 406 g/mol. The quantitative estimate of drug-likeness (QED) is 0.231. The minimum Gasteiger partial charge on any atom is -0.455 e. The molecular formula is C28H25N2O+. The normalized spacial score (nSPS) is 13.5. The van der Waals surface area contributed by atoms with E-state index in [0.29, 0.717) is 5.92 Å². The van der Waals surface area contributed by atoms with Gasteiger partial charge in [0.05, 0.1) is 0 Å². The maximum Gasteiger partial charge on any atom is 0.299 e. The van der Waals surface area contributed by atoms with Gasteiger partial charge in [-0.3, -0.25) is 0 Å². The predicted octanol–water partition coefficient (Wildman–Crippen LogP) is 6.93. The van der Waals surface area contributed by atoms with Crippen molar-refractivity contribution in [1.82, 2.24) is 4.57 Å². The number of allylic oxidation sites excluding steroid dienone is 3. The summed E-state index contributed by atoms with van der Waals surface area (Å²) in [6.45, 7) is 12.0. The minimum absolute atomic E-state index is 0.391. The first-order chi connectivity index (χ1) is 15.1. The molecule has 0 unspecified atom stereocenters. The molecule has 0 atom stereocenters. The second-order valence-electron chi connectivity index (χ2n) is 8.65. The molecule has 0 spiro atoms. The zero-order chi connectivity index (χ0) is 21.3. The molecule has 1 aliphatic heterocycles. The number of para-hydroxylation sites is 3. The van der Waals surface area contributed by atoms with E-state index in [1.165, 1.54) is 33.1 Å². The Kier molecular flexibility index (Phi) is 3.79. The van der Waals surface area contributed by atoms with E-state index in [0.717, 1.165) is 34.6 Å². The van der Waals surface area contributed by atoms with Gasteiger partial charge in [-0.1, -0.05) is 69.0 Å². The Hall–Kier alpha value is -3.59. The lowest BCUT2D eigenvalue weighted by molar-refractivity contribution is -0.645. The summed E-state index contributed by atoms with van der Waals surface area (Å²) >= 11 is 0. The number of hydrogen-bond donors (Lipinski definition) is 0. The van der Waals surface area contributed by atoms with Gasteiger partial charge in [0.1, 0.15) is 23.4 Å². The molecule has 3 heteroatoms. The number of furan rings is 1. The van der Waals surface area contributed by atoms with Gasteiger partial charge in [-0.05, 0) is 36.6 Å². The van der Waals surface area contributed by atoms with Crippen LogP contribution < -0.4 is 4.57 Å². The largest absolute Gasteiger partial charge is 0.455 e. The zero-order valence-corrected chi connectivity index (χ0v) is 18.1. The maximum absolute atomic E-state index is 6.45. The molecular weight excluding hydrogens is 380 g/mol. The summed E-state index contributed by atoms with van der Waals surface area (Å²) < 4.78 is 11.2. The van der Waals surface area contributed by atoms with Crippen LogP contribution in [0.15, 0.2) is 83.3 Å². The van der Waals surface area contributed by atoms with E-state index < -0.39 is 0 Å². The second kappa shape index (κ2) is 6.45. The molecule has 0 fully saturated rings. The van der Waals surface area contributed by atoms with Crippen molar-refractivity contribution in [2.75, 3.05) is 0 Å². The number of aromatic nitrogens is 2. The molecule has 1 aliphatic rings. The molecule has 6 rings (SSSR count). The van der Waals surface area contributed by atoms with Gasteiger partial charge in [0.25, 0.3) is 5.82 Å². The molecule has 2 aromatic heterocycles. The summed E-state index contributed by atoms with van der Waals surface area (Å²) in [5.74, 6) is 1.55. The smallest absolute Gasteiger partial charge is 0.299 e. The number of benzene rings is 3. The summed E-state index contributed by atoms with van der Waals surface area (Å²) in [7, 11) is 0. The first-order valence-corrected chi connectivity index (χ1v) is 10.9. The summed E-state index contributed by atoms with van der Waals surface area (Å²) in [5, 5.41) is 2.33. The average Bonchev–Trinajstić information content (AvgIpc) is 3.41. The van der Waals surface area contributed by atoms with Gasteiger partial charge in [0.15, 0.2) is 16.6 Å². The van der Waals surface area contributed by atoms with E-state index in [9.17, 15) is 0 Å². The first-order valence-electron chi connectivity index (χ1n) is 10.9. The molecule has 31 heavy (non-hydrogen) atoms. The number of imidazole rings is 1. The van der Waals surface area contributed by atoms with Crippen molar-refractivity contribution in [3.05, 3.63) is 84.5 Å². The van der Waals surface area contributed by atoms with Gasteiger partial charge in [-0.15, -0.1) is 0 Å². The van der Waals surface area contributed by atoms with E-state index in [1.54, 1.807) is 0 Å². The van der Waals surface area contributed by atoms with E-state index >= 15 is 0 Å². The van der Waals surface area contributed by atoms with Gasteiger partial charge in [-0.25, -0.2) is 4.57 Å². The molecule has 5 aromatic rings. The summed E-state index contributed by atoms with van der Waals surface area (Å²) in [4.78, 5) is 0. The zero-order valence-electron chi connectivity index (χ0n) is 18.1. The fourth-order valence-electron chi connectivity index (χ4n) is 5.25. The maximum atomic E-state index is 6.45.